The van der Waals surface area contributed by atoms with Gasteiger partial charge in [-0.15, -0.1) is 5.10 Å². The number of tetrazole rings is 1. The first-order valence-electron chi connectivity index (χ1n) is 8.77. The number of likely N-dealkylation sites (tertiary alicyclic amines) is 1. The second-order valence-electron chi connectivity index (χ2n) is 6.76. The van der Waals surface area contributed by atoms with E-state index >= 15 is 0 Å². The van der Waals surface area contributed by atoms with Gasteiger partial charge in [-0.2, -0.15) is 4.68 Å². The predicted octanol–water partition coefficient (Wildman–Crippen LogP) is 1.96. The summed E-state index contributed by atoms with van der Waals surface area (Å²) in [6, 6.07) is 6.37. The third-order valence-corrected chi connectivity index (χ3v) is 5.06. The molecule has 3 heterocycles. The minimum absolute atomic E-state index is 0.165. The van der Waals surface area contributed by atoms with Crippen molar-refractivity contribution >= 4 is 0 Å². The van der Waals surface area contributed by atoms with Crippen LogP contribution in [0.15, 0.2) is 30.6 Å². The van der Waals surface area contributed by atoms with Crippen LogP contribution in [0.1, 0.15) is 35.2 Å². The maximum absolute atomic E-state index is 5.60. The van der Waals surface area contributed by atoms with Crippen LogP contribution in [0.25, 0.3) is 5.69 Å². The normalized spacial score (nSPS) is 20.7. The van der Waals surface area contributed by atoms with Gasteiger partial charge in [-0.05, 0) is 41.8 Å². The Morgan fingerprint density at radius 2 is 2.08 bits per heavy atom. The van der Waals surface area contributed by atoms with Crippen LogP contribution in [0, 0.1) is 13.8 Å². The number of benzene rings is 1. The van der Waals surface area contributed by atoms with Gasteiger partial charge in [-0.1, -0.05) is 18.2 Å². The van der Waals surface area contributed by atoms with Crippen LogP contribution in [0.5, 0.6) is 0 Å². The maximum atomic E-state index is 5.60. The van der Waals surface area contributed by atoms with Gasteiger partial charge in [0.2, 0.25) is 0 Å². The van der Waals surface area contributed by atoms with Crippen molar-refractivity contribution in [1.82, 2.24) is 35.1 Å². The highest BCUT2D eigenvalue weighted by Crippen LogP contribution is 2.32. The molecule has 2 aromatic heterocycles. The van der Waals surface area contributed by atoms with Gasteiger partial charge in [0.25, 0.3) is 0 Å². The number of H-pyrrole nitrogens is 1. The van der Waals surface area contributed by atoms with Crippen LogP contribution in [0.4, 0.5) is 0 Å². The first-order chi connectivity index (χ1) is 12.7. The molecule has 4 rings (SSSR count). The lowest BCUT2D eigenvalue weighted by Gasteiger charge is -2.22. The average molecular weight is 353 g/mol. The van der Waals surface area contributed by atoms with Crippen LogP contribution in [-0.2, 0) is 11.3 Å². The van der Waals surface area contributed by atoms with E-state index in [9.17, 15) is 0 Å². The number of hydrogen-bond acceptors (Lipinski definition) is 6. The second-order valence-corrected chi connectivity index (χ2v) is 6.76. The number of nitrogens with zero attached hydrogens (tertiary/aromatic N) is 6. The Bertz CT molecular complexity index is 853. The Kier molecular flexibility index (Phi) is 4.52. The van der Waals surface area contributed by atoms with Gasteiger partial charge in [-0.25, -0.2) is 4.98 Å². The molecule has 1 aliphatic rings. The van der Waals surface area contributed by atoms with Crippen molar-refractivity contribution in [2.75, 3.05) is 13.7 Å². The van der Waals surface area contributed by atoms with Gasteiger partial charge in [0.15, 0.2) is 5.82 Å². The first kappa shape index (κ1) is 16.9. The quantitative estimate of drug-likeness (QED) is 0.755. The van der Waals surface area contributed by atoms with E-state index in [-0.39, 0.29) is 12.1 Å². The van der Waals surface area contributed by atoms with Gasteiger partial charge in [0.05, 0.1) is 24.4 Å². The first-order valence-corrected chi connectivity index (χ1v) is 8.77. The van der Waals surface area contributed by atoms with Gasteiger partial charge in [0, 0.05) is 26.0 Å². The van der Waals surface area contributed by atoms with Crippen LogP contribution < -0.4 is 0 Å². The highest BCUT2D eigenvalue weighted by Gasteiger charge is 2.35. The number of hydrogen-bond donors (Lipinski definition) is 1. The van der Waals surface area contributed by atoms with E-state index in [1.807, 2.05) is 10.9 Å². The number of rotatable bonds is 5. The molecule has 1 aliphatic heterocycles. The molecule has 26 heavy (non-hydrogen) atoms. The molecule has 136 valence electrons. The molecule has 0 radical (unpaired) electrons. The number of methoxy groups -OCH3 is 1. The Morgan fingerprint density at radius 3 is 2.77 bits per heavy atom. The predicted molar refractivity (Wildman–Crippen MR) is 95.8 cm³/mol. The second kappa shape index (κ2) is 6.97. The molecule has 1 aromatic carbocycles. The summed E-state index contributed by atoms with van der Waals surface area (Å²) in [5.41, 5.74) is 3.35. The van der Waals surface area contributed by atoms with Gasteiger partial charge >= 0.3 is 0 Å². The van der Waals surface area contributed by atoms with E-state index in [0.717, 1.165) is 41.4 Å². The third-order valence-electron chi connectivity index (χ3n) is 5.06. The van der Waals surface area contributed by atoms with Crippen molar-refractivity contribution in [3.05, 3.63) is 53.4 Å². The molecule has 2 atom stereocenters. The Morgan fingerprint density at radius 1 is 1.27 bits per heavy atom. The van der Waals surface area contributed by atoms with Gasteiger partial charge in [-0.3, -0.25) is 4.90 Å². The molecule has 0 bridgehead atoms. The van der Waals surface area contributed by atoms with E-state index in [1.54, 1.807) is 13.3 Å². The molecular formula is C18H23N7O. The lowest BCUT2D eigenvalue weighted by atomic mass is 10.1. The molecular weight excluding hydrogens is 330 g/mol. The summed E-state index contributed by atoms with van der Waals surface area (Å²) in [7, 11) is 1.76. The van der Waals surface area contributed by atoms with E-state index in [0.29, 0.717) is 6.54 Å². The minimum Gasteiger partial charge on any atom is -0.380 e. The number of imidazole rings is 1. The van der Waals surface area contributed by atoms with Crippen LogP contribution in [0.3, 0.4) is 0 Å². The highest BCUT2D eigenvalue weighted by molar-refractivity contribution is 5.46. The van der Waals surface area contributed by atoms with E-state index in [1.165, 1.54) is 0 Å². The van der Waals surface area contributed by atoms with Gasteiger partial charge in [0.1, 0.15) is 5.82 Å². The van der Waals surface area contributed by atoms with Crippen molar-refractivity contribution in [2.45, 2.75) is 39.0 Å². The van der Waals surface area contributed by atoms with Gasteiger partial charge < -0.3 is 9.72 Å². The zero-order chi connectivity index (χ0) is 18.1. The Balaban J connectivity index is 1.64. The van der Waals surface area contributed by atoms with Crippen molar-refractivity contribution in [2.24, 2.45) is 0 Å². The monoisotopic (exact) mass is 353 g/mol. The molecule has 3 aromatic rings. The lowest BCUT2D eigenvalue weighted by Crippen LogP contribution is -2.27. The lowest BCUT2D eigenvalue weighted by molar-refractivity contribution is 0.107. The Hall–Kier alpha value is -2.58. The smallest absolute Gasteiger partial charge is 0.170 e. The summed E-state index contributed by atoms with van der Waals surface area (Å²) in [5.74, 6) is 1.77. The van der Waals surface area contributed by atoms with E-state index < -0.39 is 0 Å². The summed E-state index contributed by atoms with van der Waals surface area (Å²) < 4.78 is 7.45. The summed E-state index contributed by atoms with van der Waals surface area (Å²) >= 11 is 0. The number of aromatic nitrogens is 6. The fourth-order valence-corrected chi connectivity index (χ4v) is 3.75. The minimum atomic E-state index is 0.165. The molecule has 1 unspecified atom stereocenters. The number of nitrogens with one attached hydrogen (secondary N) is 1. The summed E-state index contributed by atoms with van der Waals surface area (Å²) in [6.45, 7) is 5.61. The third kappa shape index (κ3) is 3.02. The van der Waals surface area contributed by atoms with Crippen molar-refractivity contribution in [3.63, 3.8) is 0 Å². The van der Waals surface area contributed by atoms with Crippen LogP contribution in [0.2, 0.25) is 0 Å². The molecule has 1 saturated heterocycles. The highest BCUT2D eigenvalue weighted by atomic mass is 16.5. The zero-order valence-electron chi connectivity index (χ0n) is 15.3. The summed E-state index contributed by atoms with van der Waals surface area (Å²) in [6.07, 6.45) is 4.72. The molecule has 0 spiro atoms. The average Bonchev–Trinajstić information content (AvgIpc) is 3.36. The maximum Gasteiger partial charge on any atom is 0.170 e. The molecule has 1 N–H and O–H groups in total. The Labute approximate surface area is 152 Å². The molecule has 8 nitrogen and oxygen atoms in total. The molecule has 0 aliphatic carbocycles. The SMILES string of the molecule is CO[C@@H]1CC(c2ncc[nH]2)N(Cc2nnnn2-c2c(C)cccc2C)C1. The summed E-state index contributed by atoms with van der Waals surface area (Å²) in [5, 5.41) is 12.5. The number of ether oxygens (including phenoxy) is 1. The molecule has 0 saturated carbocycles. The van der Waals surface area contributed by atoms with E-state index in [4.69, 9.17) is 4.74 Å². The van der Waals surface area contributed by atoms with Crippen molar-refractivity contribution < 1.29 is 4.74 Å². The van der Waals surface area contributed by atoms with E-state index in [2.05, 4.69) is 62.4 Å². The van der Waals surface area contributed by atoms with Crippen LogP contribution >= 0.6 is 0 Å². The largest absolute Gasteiger partial charge is 0.380 e. The zero-order valence-corrected chi connectivity index (χ0v) is 15.3. The number of para-hydroxylation sites is 1. The molecule has 1 fully saturated rings. The summed E-state index contributed by atoms with van der Waals surface area (Å²) in [4.78, 5) is 10.00. The molecule has 0 amide bonds. The molecule has 8 heteroatoms. The van der Waals surface area contributed by atoms with Crippen LogP contribution in [-0.4, -0.2) is 54.8 Å². The number of aromatic amines is 1. The fraction of sp³-hybridized carbons (Fsp3) is 0.444. The van der Waals surface area contributed by atoms with Crippen molar-refractivity contribution in [3.8, 4) is 5.69 Å². The topological polar surface area (TPSA) is 84.8 Å². The fourth-order valence-electron chi connectivity index (χ4n) is 3.75. The standard InChI is InChI=1S/C18H23N7O/c1-12-5-4-6-13(2)17(12)25-16(21-22-23-25)11-24-10-14(26-3)9-15(24)18-19-7-8-20-18/h4-8,14-15H,9-11H2,1-3H3,(H,19,20)/t14-,15?/m1/s1. The van der Waals surface area contributed by atoms with Crippen molar-refractivity contribution in [1.29, 1.82) is 0 Å². The number of aryl methyl sites for hydroxylation is 2.